The molecule has 0 amide bonds. The molecule has 2 nitrogen and oxygen atoms in total. The van der Waals surface area contributed by atoms with E-state index in [2.05, 4.69) is 325 Å². The number of anilines is 6. The Kier molecular flexibility index (Phi) is 11.0. The van der Waals surface area contributed by atoms with Crippen molar-refractivity contribution in [1.82, 2.24) is 0 Å². The predicted molar refractivity (Wildman–Crippen MR) is 316 cm³/mol. The Morgan fingerprint density at radius 2 is 0.526 bits per heavy atom. The van der Waals surface area contributed by atoms with Gasteiger partial charge in [-0.1, -0.05) is 243 Å². The quantitative estimate of drug-likeness (QED) is 0.127. The van der Waals surface area contributed by atoms with E-state index in [1.54, 1.807) is 0 Å². The molecule has 1 unspecified atom stereocenters. The van der Waals surface area contributed by atoms with Crippen LogP contribution in [0, 0.1) is 0 Å². The van der Waals surface area contributed by atoms with Gasteiger partial charge < -0.3 is 9.80 Å². The number of nitrogens with zero attached hydrogens (tertiary/aromatic N) is 2. The van der Waals surface area contributed by atoms with Crippen molar-refractivity contribution in [2.75, 3.05) is 9.80 Å². The van der Waals surface area contributed by atoms with Crippen LogP contribution >= 0.6 is 0 Å². The molecule has 0 aliphatic heterocycles. The maximum atomic E-state index is 2.47. The van der Waals surface area contributed by atoms with Crippen molar-refractivity contribution in [3.05, 3.63) is 360 Å². The Morgan fingerprint density at radius 1 is 0.197 bits per heavy atom. The van der Waals surface area contributed by atoms with Crippen molar-refractivity contribution < 1.29 is 0 Å². The van der Waals surface area contributed by atoms with Gasteiger partial charge in [0.15, 0.2) is 0 Å². The lowest BCUT2D eigenvalue weighted by Gasteiger charge is -2.50. The first-order valence-electron chi connectivity index (χ1n) is 26.3. The maximum Gasteiger partial charge on any atom is 0.0720 e. The lowest BCUT2D eigenvalue weighted by atomic mass is 9.51. The summed E-state index contributed by atoms with van der Waals surface area (Å²) in [6.07, 6.45) is 0. The molecule has 0 radical (unpaired) electrons. The standard InChI is InChI=1S/C74H52N2/c1-6-23-53(24-7-1)55-43-47-62(48-44-55)75(60-31-12-4-13-32-60)64-35-20-29-58(51-64)73(59-30-21-36-65(52-59)76(61-33-14-5-15-34-61)63-49-45-56(46-50-63)54-25-8-2-9-26-54)69-40-18-19-41-70(69)74(57-27-10-3-11-28-57)68-39-17-16-37-66(68)67-38-22-42-71(73)72(67)74/h1-52H. The molecule has 0 fully saturated rings. The van der Waals surface area contributed by atoms with Crippen LogP contribution in [0.15, 0.2) is 315 Å². The fourth-order valence-electron chi connectivity index (χ4n) is 12.8. The minimum atomic E-state index is -0.812. The van der Waals surface area contributed by atoms with Crippen molar-refractivity contribution >= 4 is 34.1 Å². The first-order valence-corrected chi connectivity index (χ1v) is 26.3. The molecule has 0 aromatic heterocycles. The smallest absolute Gasteiger partial charge is 0.0720 e. The molecular weight excluding hydrogens is 917 g/mol. The van der Waals surface area contributed by atoms with Crippen LogP contribution in [0.3, 0.4) is 0 Å². The summed E-state index contributed by atoms with van der Waals surface area (Å²) in [6.45, 7) is 0. The summed E-state index contributed by atoms with van der Waals surface area (Å²) in [5.74, 6) is 0. The van der Waals surface area contributed by atoms with E-state index in [4.69, 9.17) is 0 Å². The van der Waals surface area contributed by atoms with Crippen LogP contribution in [0.4, 0.5) is 34.1 Å². The van der Waals surface area contributed by atoms with Gasteiger partial charge in [-0.05, 0) is 151 Å². The second kappa shape index (κ2) is 18.6. The van der Waals surface area contributed by atoms with Crippen LogP contribution < -0.4 is 9.80 Å². The molecule has 2 heteroatoms. The molecule has 0 N–H and O–H groups in total. The summed E-state index contributed by atoms with van der Waals surface area (Å²) >= 11 is 0. The third-order valence-electron chi connectivity index (χ3n) is 16.0. The first-order chi connectivity index (χ1) is 37.7. The van der Waals surface area contributed by atoms with Gasteiger partial charge in [0.25, 0.3) is 0 Å². The van der Waals surface area contributed by atoms with Gasteiger partial charge in [-0.2, -0.15) is 0 Å². The highest BCUT2D eigenvalue weighted by atomic mass is 15.1. The normalized spacial score (nSPS) is 14.5. The molecule has 76 heavy (non-hydrogen) atoms. The molecule has 0 bridgehead atoms. The SMILES string of the molecule is c1ccc(-c2ccc(N(c3ccccc3)c3cccc(C4(c5cccc(N(c6ccccc6)c6ccc(-c7ccccc7)cc6)c5)c5ccccc5C5(c6ccccc6)c6ccccc6-c6cccc4c65)c3)cc2)cc1. The van der Waals surface area contributed by atoms with E-state index in [1.807, 2.05) is 0 Å². The molecule has 14 rings (SSSR count). The van der Waals surface area contributed by atoms with E-state index < -0.39 is 10.8 Å². The van der Waals surface area contributed by atoms with Gasteiger partial charge in [-0.3, -0.25) is 0 Å². The van der Waals surface area contributed by atoms with Crippen LogP contribution in [0.5, 0.6) is 0 Å². The third-order valence-corrected chi connectivity index (χ3v) is 16.0. The summed E-state index contributed by atoms with van der Waals surface area (Å²) in [5.41, 5.74) is 22.5. The van der Waals surface area contributed by atoms with Crippen molar-refractivity contribution in [3.8, 4) is 33.4 Å². The number of hydrogen-bond acceptors (Lipinski definition) is 2. The molecule has 1 atom stereocenters. The fourth-order valence-corrected chi connectivity index (χ4v) is 12.8. The number of benzene rings is 12. The molecule has 2 aliphatic rings. The number of rotatable bonds is 11. The number of hydrogen-bond donors (Lipinski definition) is 0. The second-order valence-electron chi connectivity index (χ2n) is 20.0. The largest absolute Gasteiger partial charge is 0.310 e. The van der Waals surface area contributed by atoms with Crippen LogP contribution in [0.1, 0.15) is 44.5 Å². The highest BCUT2D eigenvalue weighted by molar-refractivity contribution is 5.93. The number of para-hydroxylation sites is 2. The van der Waals surface area contributed by atoms with E-state index in [0.717, 1.165) is 34.1 Å². The zero-order valence-electron chi connectivity index (χ0n) is 41.9. The predicted octanol–water partition coefficient (Wildman–Crippen LogP) is 19.0. The van der Waals surface area contributed by atoms with E-state index in [1.165, 1.54) is 77.9 Å². The molecule has 0 saturated carbocycles. The summed E-state index contributed by atoms with van der Waals surface area (Å²) in [5, 5.41) is 0. The third kappa shape index (κ3) is 7.10. The van der Waals surface area contributed by atoms with E-state index in [9.17, 15) is 0 Å². The van der Waals surface area contributed by atoms with Crippen LogP contribution in [0.25, 0.3) is 33.4 Å². The van der Waals surface area contributed by atoms with E-state index in [-0.39, 0.29) is 0 Å². The van der Waals surface area contributed by atoms with Gasteiger partial charge in [0.1, 0.15) is 0 Å². The summed E-state index contributed by atoms with van der Waals surface area (Å²) < 4.78 is 0. The number of fused-ring (bicyclic) bond motifs is 5. The Hall–Kier alpha value is -9.76. The monoisotopic (exact) mass is 968 g/mol. The Labute approximate surface area is 445 Å². The molecule has 0 heterocycles. The van der Waals surface area contributed by atoms with Gasteiger partial charge in [-0.25, -0.2) is 0 Å². The van der Waals surface area contributed by atoms with Crippen molar-refractivity contribution in [1.29, 1.82) is 0 Å². The summed E-state index contributed by atoms with van der Waals surface area (Å²) in [6, 6.07) is 117. The van der Waals surface area contributed by atoms with Gasteiger partial charge in [0, 0.05) is 34.1 Å². The molecular formula is C74H52N2. The first kappa shape index (κ1) is 44.9. The van der Waals surface area contributed by atoms with Crippen molar-refractivity contribution in [3.63, 3.8) is 0 Å². The van der Waals surface area contributed by atoms with Gasteiger partial charge >= 0.3 is 0 Å². The minimum absolute atomic E-state index is 0.577. The highest BCUT2D eigenvalue weighted by Gasteiger charge is 2.57. The van der Waals surface area contributed by atoms with E-state index >= 15 is 0 Å². The molecule has 12 aromatic rings. The average molecular weight is 969 g/mol. The zero-order valence-corrected chi connectivity index (χ0v) is 41.9. The molecule has 0 spiro atoms. The lowest BCUT2D eigenvalue weighted by Crippen LogP contribution is -2.44. The lowest BCUT2D eigenvalue weighted by molar-refractivity contribution is 0.627. The Balaban J connectivity index is 1.04. The van der Waals surface area contributed by atoms with Crippen LogP contribution in [-0.2, 0) is 10.8 Å². The summed E-state index contributed by atoms with van der Waals surface area (Å²) in [4.78, 5) is 4.82. The van der Waals surface area contributed by atoms with Gasteiger partial charge in [0.05, 0.1) is 10.8 Å². The molecule has 12 aromatic carbocycles. The van der Waals surface area contributed by atoms with Crippen molar-refractivity contribution in [2.45, 2.75) is 10.8 Å². The van der Waals surface area contributed by atoms with Crippen molar-refractivity contribution in [2.24, 2.45) is 0 Å². The fraction of sp³-hybridized carbons (Fsp3) is 0.0270. The van der Waals surface area contributed by atoms with Gasteiger partial charge in [-0.15, -0.1) is 0 Å². The average Bonchev–Trinajstić information content (AvgIpc) is 3.81. The Morgan fingerprint density at radius 3 is 1.03 bits per heavy atom. The van der Waals surface area contributed by atoms with Crippen LogP contribution in [0.2, 0.25) is 0 Å². The van der Waals surface area contributed by atoms with E-state index in [0.29, 0.717) is 0 Å². The highest BCUT2D eigenvalue weighted by Crippen LogP contribution is 2.66. The minimum Gasteiger partial charge on any atom is -0.310 e. The molecule has 358 valence electrons. The topological polar surface area (TPSA) is 6.48 Å². The zero-order chi connectivity index (χ0) is 50.5. The molecule has 0 saturated heterocycles. The van der Waals surface area contributed by atoms with Gasteiger partial charge in [0.2, 0.25) is 0 Å². The maximum absolute atomic E-state index is 2.47. The summed E-state index contributed by atoms with van der Waals surface area (Å²) in [7, 11) is 0. The van der Waals surface area contributed by atoms with Crippen LogP contribution in [-0.4, -0.2) is 0 Å². The Bertz CT molecular complexity index is 3850. The molecule has 2 aliphatic carbocycles. The second-order valence-corrected chi connectivity index (χ2v) is 20.0.